The van der Waals surface area contributed by atoms with Crippen molar-refractivity contribution in [3.8, 4) is 5.75 Å². The average molecular weight is 503 g/mol. The Morgan fingerprint density at radius 3 is 1.94 bits per heavy atom. The Bertz CT molecular complexity index is 826. The second-order valence-electron chi connectivity index (χ2n) is 6.62. The Balaban J connectivity index is 2.46. The van der Waals surface area contributed by atoms with E-state index in [0.717, 1.165) is 20.8 Å². The number of ether oxygens (including phenoxy) is 6. The van der Waals surface area contributed by atoms with Gasteiger partial charge in [-0.25, -0.2) is 0 Å². The number of para-hydroxylation sites is 1. The van der Waals surface area contributed by atoms with Gasteiger partial charge in [-0.2, -0.15) is 0 Å². The summed E-state index contributed by atoms with van der Waals surface area (Å²) < 4.78 is 33.3. The molecule has 5 unspecified atom stereocenters. The summed E-state index contributed by atoms with van der Waals surface area (Å²) in [5, 5.41) is 0. The molecule has 0 radical (unpaired) electrons. The molecular weight excluding hydrogens is 480 g/mol. The van der Waals surface area contributed by atoms with Gasteiger partial charge in [0.15, 0.2) is 12.2 Å². The molecule has 0 aromatic heterocycles. The summed E-state index contributed by atoms with van der Waals surface area (Å²) in [6.45, 7) is 4.33. The van der Waals surface area contributed by atoms with E-state index < -0.39 is 54.6 Å². The van der Waals surface area contributed by atoms with Crippen LogP contribution in [0.5, 0.6) is 5.75 Å². The maximum absolute atomic E-state index is 11.8. The molecule has 1 aromatic rings. The van der Waals surface area contributed by atoms with E-state index in [9.17, 15) is 19.2 Å². The van der Waals surface area contributed by atoms with Crippen molar-refractivity contribution >= 4 is 39.8 Å². The monoisotopic (exact) mass is 502 g/mol. The molecule has 11 heteroatoms. The summed E-state index contributed by atoms with van der Waals surface area (Å²) in [4.78, 5) is 46.6. The first-order chi connectivity index (χ1) is 14.6. The topological polar surface area (TPSA) is 124 Å². The summed E-state index contributed by atoms with van der Waals surface area (Å²) in [7, 11) is 0. The maximum Gasteiger partial charge on any atom is 0.303 e. The molecule has 0 spiro atoms. The van der Waals surface area contributed by atoms with Crippen molar-refractivity contribution in [2.75, 3.05) is 6.61 Å². The van der Waals surface area contributed by atoms with Gasteiger partial charge in [0.05, 0.1) is 4.47 Å². The minimum atomic E-state index is -1.29. The van der Waals surface area contributed by atoms with Gasteiger partial charge in [-0.1, -0.05) is 12.1 Å². The van der Waals surface area contributed by atoms with Crippen molar-refractivity contribution in [2.45, 2.75) is 58.4 Å². The van der Waals surface area contributed by atoms with Crippen LogP contribution in [0.25, 0.3) is 0 Å². The number of halogens is 1. The highest BCUT2D eigenvalue weighted by atomic mass is 79.9. The number of hydrogen-bond acceptors (Lipinski definition) is 10. The Morgan fingerprint density at radius 2 is 1.39 bits per heavy atom. The largest absolute Gasteiger partial charge is 0.463 e. The number of rotatable bonds is 7. The van der Waals surface area contributed by atoms with Crippen LogP contribution in [-0.2, 0) is 42.9 Å². The molecule has 1 heterocycles. The third kappa shape index (κ3) is 7.21. The van der Waals surface area contributed by atoms with E-state index in [4.69, 9.17) is 28.4 Å². The van der Waals surface area contributed by atoms with Crippen LogP contribution in [0.4, 0.5) is 0 Å². The fourth-order valence-electron chi connectivity index (χ4n) is 2.95. The van der Waals surface area contributed by atoms with E-state index in [1.807, 2.05) is 0 Å². The number of hydrogen-bond donors (Lipinski definition) is 0. The third-order valence-electron chi connectivity index (χ3n) is 4.03. The van der Waals surface area contributed by atoms with E-state index in [1.54, 1.807) is 24.3 Å². The van der Waals surface area contributed by atoms with Crippen molar-refractivity contribution < 1.29 is 47.6 Å². The molecule has 2 rings (SSSR count). The van der Waals surface area contributed by atoms with Crippen LogP contribution in [0, 0.1) is 0 Å². The second-order valence-corrected chi connectivity index (χ2v) is 7.47. The van der Waals surface area contributed by atoms with Crippen LogP contribution in [0.1, 0.15) is 27.7 Å². The second kappa shape index (κ2) is 11.1. The van der Waals surface area contributed by atoms with Gasteiger partial charge in [0.1, 0.15) is 18.5 Å². The van der Waals surface area contributed by atoms with Crippen LogP contribution < -0.4 is 4.74 Å². The van der Waals surface area contributed by atoms with Gasteiger partial charge >= 0.3 is 23.9 Å². The summed E-state index contributed by atoms with van der Waals surface area (Å²) in [5.41, 5.74) is 0. The Hall–Kier alpha value is -2.66. The minimum absolute atomic E-state index is 0.326. The summed E-state index contributed by atoms with van der Waals surface area (Å²) in [6, 6.07) is 6.84. The van der Waals surface area contributed by atoms with E-state index in [0.29, 0.717) is 10.2 Å². The zero-order valence-electron chi connectivity index (χ0n) is 17.4. The van der Waals surface area contributed by atoms with Crippen molar-refractivity contribution in [1.29, 1.82) is 0 Å². The van der Waals surface area contributed by atoms with Crippen molar-refractivity contribution in [3.05, 3.63) is 28.7 Å². The van der Waals surface area contributed by atoms with Gasteiger partial charge in [0, 0.05) is 27.7 Å². The molecule has 1 aromatic carbocycles. The van der Waals surface area contributed by atoms with Crippen molar-refractivity contribution in [1.82, 2.24) is 0 Å². The number of carbonyl (C=O) groups excluding carboxylic acids is 4. The van der Waals surface area contributed by atoms with Gasteiger partial charge in [-0.3, -0.25) is 19.2 Å². The molecule has 1 aliphatic heterocycles. The van der Waals surface area contributed by atoms with Gasteiger partial charge < -0.3 is 28.4 Å². The fraction of sp³-hybridized carbons (Fsp3) is 0.500. The zero-order chi connectivity index (χ0) is 23.1. The van der Waals surface area contributed by atoms with Crippen LogP contribution in [0.2, 0.25) is 0 Å². The maximum atomic E-state index is 11.8. The van der Waals surface area contributed by atoms with E-state index in [1.165, 1.54) is 6.92 Å². The SMILES string of the molecule is CC(=O)OCC1OC(Oc2ccccc2Br)C(OC(C)=O)C(OC(C)=O)C1OC(C)=O. The van der Waals surface area contributed by atoms with Crippen LogP contribution in [-0.4, -0.2) is 61.2 Å². The van der Waals surface area contributed by atoms with Gasteiger partial charge in [0.25, 0.3) is 0 Å². The lowest BCUT2D eigenvalue weighted by molar-refractivity contribution is -0.288. The van der Waals surface area contributed by atoms with E-state index >= 15 is 0 Å². The van der Waals surface area contributed by atoms with Crippen molar-refractivity contribution in [3.63, 3.8) is 0 Å². The highest BCUT2D eigenvalue weighted by Gasteiger charge is 2.53. The molecular formula is C20H23BrO10. The first-order valence-corrected chi connectivity index (χ1v) is 10.1. The first-order valence-electron chi connectivity index (χ1n) is 9.30. The average Bonchev–Trinajstić information content (AvgIpc) is 2.65. The van der Waals surface area contributed by atoms with Crippen LogP contribution in [0.15, 0.2) is 28.7 Å². The van der Waals surface area contributed by atoms with Gasteiger partial charge in [-0.15, -0.1) is 0 Å². The lowest BCUT2D eigenvalue weighted by Crippen LogP contribution is -2.63. The summed E-state index contributed by atoms with van der Waals surface area (Å²) >= 11 is 3.35. The molecule has 5 atom stereocenters. The molecule has 0 aliphatic carbocycles. The standard InChI is InChI=1S/C20H23BrO10/c1-10(22)26-9-16-17(27-11(2)23)18(28-12(3)24)19(29-13(4)25)20(31-16)30-15-8-6-5-7-14(15)21/h5-8,16-20H,9H2,1-4H3. The molecule has 170 valence electrons. The van der Waals surface area contributed by atoms with E-state index in [2.05, 4.69) is 15.9 Å². The lowest BCUT2D eigenvalue weighted by atomic mass is 9.98. The molecule has 0 amide bonds. The first kappa shape index (κ1) is 24.6. The minimum Gasteiger partial charge on any atom is -0.463 e. The number of carbonyl (C=O) groups is 4. The van der Waals surface area contributed by atoms with E-state index in [-0.39, 0.29) is 6.61 Å². The highest BCUT2D eigenvalue weighted by molar-refractivity contribution is 9.10. The molecule has 31 heavy (non-hydrogen) atoms. The van der Waals surface area contributed by atoms with Gasteiger partial charge in [-0.05, 0) is 28.1 Å². The number of esters is 4. The fourth-order valence-corrected chi connectivity index (χ4v) is 3.33. The Morgan fingerprint density at radius 1 is 0.839 bits per heavy atom. The molecule has 0 bridgehead atoms. The molecule has 1 saturated heterocycles. The molecule has 0 N–H and O–H groups in total. The van der Waals surface area contributed by atoms with Crippen molar-refractivity contribution in [2.24, 2.45) is 0 Å². The van der Waals surface area contributed by atoms with Crippen LogP contribution in [0.3, 0.4) is 0 Å². The predicted octanol–water partition coefficient (Wildman–Crippen LogP) is 1.91. The third-order valence-corrected chi connectivity index (χ3v) is 4.68. The highest BCUT2D eigenvalue weighted by Crippen LogP contribution is 2.33. The quantitative estimate of drug-likeness (QED) is 0.403. The Kier molecular flexibility index (Phi) is 8.81. The molecule has 0 saturated carbocycles. The van der Waals surface area contributed by atoms with Crippen LogP contribution >= 0.6 is 15.9 Å². The molecule has 10 nitrogen and oxygen atoms in total. The lowest BCUT2D eigenvalue weighted by Gasteiger charge is -2.44. The Labute approximate surface area is 187 Å². The summed E-state index contributed by atoms with van der Waals surface area (Å²) in [6.07, 6.45) is -6.15. The predicted molar refractivity (Wildman–Crippen MR) is 107 cm³/mol. The molecule has 1 fully saturated rings. The smallest absolute Gasteiger partial charge is 0.303 e. The van der Waals surface area contributed by atoms with Gasteiger partial charge in [0.2, 0.25) is 12.4 Å². The zero-order valence-corrected chi connectivity index (χ0v) is 18.9. The number of benzene rings is 1. The normalized spacial score (nSPS) is 25.1. The molecule has 1 aliphatic rings. The summed E-state index contributed by atoms with van der Waals surface area (Å²) in [5.74, 6) is -2.37.